The second-order valence-electron chi connectivity index (χ2n) is 7.82. The van der Waals surface area contributed by atoms with Crippen LogP contribution < -0.4 is 9.64 Å². The zero-order chi connectivity index (χ0) is 19.8. The molecule has 2 saturated heterocycles. The van der Waals surface area contributed by atoms with Gasteiger partial charge < -0.3 is 19.5 Å². The first-order chi connectivity index (χ1) is 13.5. The first-order valence-corrected chi connectivity index (χ1v) is 10.2. The van der Waals surface area contributed by atoms with Gasteiger partial charge >= 0.3 is 7.05 Å². The number of piperidine rings is 1. The summed E-state index contributed by atoms with van der Waals surface area (Å²) in [7, 11) is 3.35. The number of fused-ring (bicyclic) bond motifs is 2. The molecule has 1 aromatic carbocycles. The Bertz CT molecular complexity index is 821. The van der Waals surface area contributed by atoms with Crippen molar-refractivity contribution in [1.82, 2.24) is 15.0 Å². The van der Waals surface area contributed by atoms with E-state index in [2.05, 4.69) is 27.0 Å². The van der Waals surface area contributed by atoms with Gasteiger partial charge in [-0.25, -0.2) is 0 Å². The summed E-state index contributed by atoms with van der Waals surface area (Å²) in [6.07, 6.45) is 4.43. The van der Waals surface area contributed by atoms with Crippen LogP contribution in [0, 0.1) is 0 Å². The molecule has 3 heterocycles. The Morgan fingerprint density at radius 1 is 1.18 bits per heavy atom. The number of methoxy groups -OCH3 is 1. The molecule has 4 rings (SSSR count). The molecular formula is C20H26BClN4O2. The van der Waals surface area contributed by atoms with E-state index in [0.29, 0.717) is 28.9 Å². The molecule has 0 aliphatic carbocycles. The van der Waals surface area contributed by atoms with Gasteiger partial charge in [-0.05, 0) is 62.8 Å². The van der Waals surface area contributed by atoms with Crippen molar-refractivity contribution in [2.75, 3.05) is 19.1 Å². The van der Waals surface area contributed by atoms with Gasteiger partial charge in [0.1, 0.15) is 5.75 Å². The summed E-state index contributed by atoms with van der Waals surface area (Å²) in [6.45, 7) is 1.88. The molecule has 148 valence electrons. The highest BCUT2D eigenvalue weighted by Gasteiger charge is 2.44. The predicted octanol–water partition coefficient (Wildman–Crippen LogP) is 3.35. The molecule has 6 nitrogen and oxygen atoms in total. The molecule has 2 aliphatic rings. The third-order valence-corrected chi connectivity index (χ3v) is 6.43. The van der Waals surface area contributed by atoms with Crippen LogP contribution in [0.15, 0.2) is 30.3 Å². The SMILES string of the molecule is COc1cc(Cl)ccc1-c1ccc(N(C)C2CC3CCC(C2)N3B(C)O)nn1. The summed E-state index contributed by atoms with van der Waals surface area (Å²) in [5, 5.41) is 19.6. The Morgan fingerprint density at radius 3 is 2.46 bits per heavy atom. The number of anilines is 1. The van der Waals surface area contributed by atoms with Gasteiger partial charge in [0.05, 0.1) is 12.8 Å². The van der Waals surface area contributed by atoms with Crippen molar-refractivity contribution >= 4 is 24.5 Å². The van der Waals surface area contributed by atoms with Crippen molar-refractivity contribution in [3.8, 4) is 17.0 Å². The topological polar surface area (TPSA) is 61.7 Å². The summed E-state index contributed by atoms with van der Waals surface area (Å²) in [5.74, 6) is 1.55. The van der Waals surface area contributed by atoms with Crippen LogP contribution in [-0.2, 0) is 0 Å². The second kappa shape index (κ2) is 7.89. The van der Waals surface area contributed by atoms with E-state index in [-0.39, 0.29) is 7.05 Å². The van der Waals surface area contributed by atoms with E-state index in [9.17, 15) is 5.02 Å². The lowest BCUT2D eigenvalue weighted by Crippen LogP contribution is -2.54. The molecule has 2 atom stereocenters. The second-order valence-corrected chi connectivity index (χ2v) is 8.26. The van der Waals surface area contributed by atoms with Crippen LogP contribution in [0.2, 0.25) is 11.8 Å². The van der Waals surface area contributed by atoms with E-state index in [4.69, 9.17) is 16.3 Å². The zero-order valence-electron chi connectivity index (χ0n) is 16.5. The molecule has 2 fully saturated rings. The normalized spacial score (nSPS) is 24.2. The largest absolute Gasteiger partial charge is 0.496 e. The maximum Gasteiger partial charge on any atom is 0.376 e. The van der Waals surface area contributed by atoms with Crippen LogP contribution in [0.4, 0.5) is 5.82 Å². The fraction of sp³-hybridized carbons (Fsp3) is 0.500. The van der Waals surface area contributed by atoms with Crippen LogP contribution in [0.5, 0.6) is 5.75 Å². The van der Waals surface area contributed by atoms with Gasteiger partial charge in [-0.3, -0.25) is 0 Å². The number of benzene rings is 1. The number of nitrogens with zero attached hydrogens (tertiary/aromatic N) is 4. The predicted molar refractivity (Wildman–Crippen MR) is 113 cm³/mol. The molecular weight excluding hydrogens is 375 g/mol. The van der Waals surface area contributed by atoms with Crippen molar-refractivity contribution < 1.29 is 9.76 Å². The van der Waals surface area contributed by atoms with Crippen molar-refractivity contribution in [2.24, 2.45) is 0 Å². The molecule has 2 unspecified atom stereocenters. The van der Waals surface area contributed by atoms with Crippen LogP contribution >= 0.6 is 11.6 Å². The maximum atomic E-state index is 10.1. The fourth-order valence-corrected chi connectivity index (χ4v) is 4.99. The number of ether oxygens (including phenoxy) is 1. The molecule has 2 aliphatic heterocycles. The van der Waals surface area contributed by atoms with Crippen LogP contribution in [0.3, 0.4) is 0 Å². The Morgan fingerprint density at radius 2 is 1.89 bits per heavy atom. The number of aromatic nitrogens is 2. The van der Waals surface area contributed by atoms with Crippen LogP contribution in [0.1, 0.15) is 25.7 Å². The van der Waals surface area contributed by atoms with E-state index in [0.717, 1.165) is 29.9 Å². The average Bonchev–Trinajstić information content (AvgIpc) is 2.98. The smallest absolute Gasteiger partial charge is 0.376 e. The lowest BCUT2D eigenvalue weighted by molar-refractivity contribution is 0.199. The summed E-state index contributed by atoms with van der Waals surface area (Å²) in [5.41, 5.74) is 1.63. The minimum Gasteiger partial charge on any atom is -0.496 e. The molecule has 0 amide bonds. The lowest BCUT2D eigenvalue weighted by atomic mass is 9.78. The van der Waals surface area contributed by atoms with Crippen molar-refractivity contribution in [2.45, 2.75) is 50.6 Å². The molecule has 2 aromatic rings. The van der Waals surface area contributed by atoms with Gasteiger partial charge in [-0.2, -0.15) is 0 Å². The lowest BCUT2D eigenvalue weighted by Gasteiger charge is -2.43. The highest BCUT2D eigenvalue weighted by atomic mass is 35.5. The van der Waals surface area contributed by atoms with Gasteiger partial charge in [-0.15, -0.1) is 10.2 Å². The zero-order valence-corrected chi connectivity index (χ0v) is 17.3. The molecule has 1 aromatic heterocycles. The Balaban J connectivity index is 1.50. The molecule has 0 spiro atoms. The van der Waals surface area contributed by atoms with Crippen molar-refractivity contribution in [3.05, 3.63) is 35.4 Å². The highest BCUT2D eigenvalue weighted by molar-refractivity contribution is 6.45. The number of halogens is 1. The third-order valence-electron chi connectivity index (χ3n) is 6.20. The minimum atomic E-state index is -0.364. The Hall–Kier alpha value is -1.83. The van der Waals surface area contributed by atoms with Gasteiger partial charge in [0.2, 0.25) is 0 Å². The van der Waals surface area contributed by atoms with E-state index >= 15 is 0 Å². The number of hydrogen-bond acceptors (Lipinski definition) is 6. The highest BCUT2D eigenvalue weighted by Crippen LogP contribution is 2.38. The van der Waals surface area contributed by atoms with E-state index in [1.54, 1.807) is 13.2 Å². The molecule has 0 saturated carbocycles. The maximum absolute atomic E-state index is 10.1. The van der Waals surface area contributed by atoms with E-state index < -0.39 is 0 Å². The quantitative estimate of drug-likeness (QED) is 0.777. The minimum absolute atomic E-state index is 0.364. The van der Waals surface area contributed by atoms with Gasteiger partial charge in [0, 0.05) is 35.8 Å². The van der Waals surface area contributed by atoms with Crippen LogP contribution in [0.25, 0.3) is 11.3 Å². The van der Waals surface area contributed by atoms with Crippen molar-refractivity contribution in [3.63, 3.8) is 0 Å². The standard InChI is InChI=1S/C20H26BClN4O2/c1-21(27)26-14-5-6-15(26)12-16(11-14)25(2)20-9-8-18(23-24-20)17-7-4-13(22)10-19(17)28-3/h4,7-10,14-16,27H,5-6,11-12H2,1-3H3. The molecule has 8 heteroatoms. The number of hydrogen-bond donors (Lipinski definition) is 1. The molecule has 2 bridgehead atoms. The van der Waals surface area contributed by atoms with Gasteiger partial charge in [0.25, 0.3) is 0 Å². The van der Waals surface area contributed by atoms with Gasteiger partial charge in [-0.1, -0.05) is 11.6 Å². The Labute approximate surface area is 171 Å². The molecule has 28 heavy (non-hydrogen) atoms. The van der Waals surface area contributed by atoms with Crippen molar-refractivity contribution in [1.29, 1.82) is 0 Å². The first-order valence-electron chi connectivity index (χ1n) is 9.84. The molecule has 1 N–H and O–H groups in total. The first kappa shape index (κ1) is 19.5. The summed E-state index contributed by atoms with van der Waals surface area (Å²) < 4.78 is 5.43. The third kappa shape index (κ3) is 3.59. The van der Waals surface area contributed by atoms with E-state index in [1.807, 2.05) is 31.1 Å². The molecule has 0 radical (unpaired) electrons. The average molecular weight is 401 g/mol. The summed E-state index contributed by atoms with van der Waals surface area (Å²) in [4.78, 5) is 4.52. The van der Waals surface area contributed by atoms with Crippen LogP contribution in [-0.4, -0.2) is 59.4 Å². The number of rotatable bonds is 5. The summed E-state index contributed by atoms with van der Waals surface area (Å²) >= 11 is 6.05. The fourth-order valence-electron chi connectivity index (χ4n) is 4.83. The van der Waals surface area contributed by atoms with Gasteiger partial charge in [0.15, 0.2) is 5.82 Å². The van der Waals surface area contributed by atoms with E-state index in [1.165, 1.54) is 12.8 Å². The Kier molecular flexibility index (Phi) is 5.49. The summed E-state index contributed by atoms with van der Waals surface area (Å²) in [6, 6.07) is 10.8. The monoisotopic (exact) mass is 400 g/mol.